The SMILES string of the molecule is C=CC(=O)ON=P(N(C)C)(N(C)C)N(C)C. The third-order valence-corrected chi connectivity index (χ3v) is 5.54. The molecule has 0 rings (SSSR count). The van der Waals surface area contributed by atoms with Gasteiger partial charge in [0.2, 0.25) is 7.51 Å². The highest BCUT2D eigenvalue weighted by atomic mass is 31.2. The summed E-state index contributed by atoms with van der Waals surface area (Å²) in [5.74, 6) is -0.546. The third kappa shape index (κ3) is 3.15. The Balaban J connectivity index is 5.35. The van der Waals surface area contributed by atoms with E-state index in [4.69, 9.17) is 4.84 Å². The highest BCUT2D eigenvalue weighted by Gasteiger charge is 2.30. The van der Waals surface area contributed by atoms with Gasteiger partial charge in [0, 0.05) is 6.08 Å². The van der Waals surface area contributed by atoms with Crippen LogP contribution in [0, 0.1) is 0 Å². The summed E-state index contributed by atoms with van der Waals surface area (Å²) in [4.78, 5) is 20.0. The van der Waals surface area contributed by atoms with E-state index in [1.807, 2.05) is 56.3 Å². The van der Waals surface area contributed by atoms with Gasteiger partial charge in [-0.3, -0.25) is 0 Å². The van der Waals surface area contributed by atoms with Crippen LogP contribution in [0.15, 0.2) is 17.6 Å². The molecule has 7 heteroatoms. The minimum absolute atomic E-state index is 0.546. The third-order valence-electron chi connectivity index (χ3n) is 2.02. The molecule has 16 heavy (non-hydrogen) atoms. The first-order chi connectivity index (χ1) is 7.28. The van der Waals surface area contributed by atoms with Crippen LogP contribution in [0.5, 0.6) is 0 Å². The number of carbonyl (C=O) groups is 1. The lowest BCUT2D eigenvalue weighted by Gasteiger charge is -2.39. The minimum Gasteiger partial charge on any atom is -0.311 e. The number of nitrogens with zero attached hydrogens (tertiary/aromatic N) is 4. The first kappa shape index (κ1) is 15.3. The monoisotopic (exact) mass is 248 g/mol. The van der Waals surface area contributed by atoms with Crippen LogP contribution in [0.25, 0.3) is 0 Å². The molecule has 0 aromatic carbocycles. The molecular weight excluding hydrogens is 227 g/mol. The molecule has 94 valence electrons. The second-order valence-electron chi connectivity index (χ2n) is 3.77. The Morgan fingerprint density at radius 2 is 1.50 bits per heavy atom. The largest absolute Gasteiger partial charge is 0.358 e. The Hall–Kier alpha value is -0.680. The normalized spacial score (nSPS) is 12.1. The zero-order chi connectivity index (χ0) is 12.9. The lowest BCUT2D eigenvalue weighted by Crippen LogP contribution is -2.31. The second kappa shape index (κ2) is 6.15. The van der Waals surface area contributed by atoms with Crippen LogP contribution >= 0.6 is 7.51 Å². The Labute approximate surface area is 97.6 Å². The van der Waals surface area contributed by atoms with Crippen LogP contribution in [-0.2, 0) is 9.63 Å². The van der Waals surface area contributed by atoms with E-state index >= 15 is 0 Å². The van der Waals surface area contributed by atoms with Gasteiger partial charge in [-0.1, -0.05) is 6.58 Å². The van der Waals surface area contributed by atoms with Crippen molar-refractivity contribution in [2.24, 2.45) is 4.91 Å². The quantitative estimate of drug-likeness (QED) is 0.416. The van der Waals surface area contributed by atoms with Crippen molar-refractivity contribution in [2.75, 3.05) is 42.3 Å². The molecule has 6 nitrogen and oxygen atoms in total. The molecule has 0 aromatic rings. The van der Waals surface area contributed by atoms with E-state index in [-0.39, 0.29) is 0 Å². The van der Waals surface area contributed by atoms with Crippen molar-refractivity contribution in [3.05, 3.63) is 12.7 Å². The fraction of sp³-hybridized carbons (Fsp3) is 0.667. The van der Waals surface area contributed by atoms with Gasteiger partial charge in [0.25, 0.3) is 0 Å². The average molecular weight is 248 g/mol. The van der Waals surface area contributed by atoms with Crippen LogP contribution in [0.1, 0.15) is 0 Å². The van der Waals surface area contributed by atoms with Gasteiger partial charge >= 0.3 is 5.97 Å². The fourth-order valence-corrected chi connectivity index (χ4v) is 4.20. The number of rotatable bonds is 5. The zero-order valence-electron chi connectivity index (χ0n) is 10.8. The summed E-state index contributed by atoms with van der Waals surface area (Å²) >= 11 is 0. The fourth-order valence-electron chi connectivity index (χ4n) is 1.42. The van der Waals surface area contributed by atoms with Crippen molar-refractivity contribution in [1.82, 2.24) is 14.0 Å². The van der Waals surface area contributed by atoms with E-state index in [1.165, 1.54) is 0 Å². The predicted octanol–water partition coefficient (Wildman–Crippen LogP) is 1.26. The van der Waals surface area contributed by atoms with Crippen LogP contribution in [-0.4, -0.2) is 62.3 Å². The summed E-state index contributed by atoms with van der Waals surface area (Å²) in [5.41, 5.74) is 0. The summed E-state index contributed by atoms with van der Waals surface area (Å²) in [5, 5.41) is 0. The first-order valence-corrected chi connectivity index (χ1v) is 6.37. The molecule has 0 amide bonds. The molecule has 0 bridgehead atoms. The molecule has 0 spiro atoms. The molecule has 0 aliphatic carbocycles. The second-order valence-corrected chi connectivity index (χ2v) is 7.41. The van der Waals surface area contributed by atoms with E-state index in [2.05, 4.69) is 11.5 Å². The number of carbonyl (C=O) groups excluding carboxylic acids is 1. The van der Waals surface area contributed by atoms with Crippen LogP contribution < -0.4 is 0 Å². The number of hydrogen-bond donors (Lipinski definition) is 0. The first-order valence-electron chi connectivity index (χ1n) is 4.77. The average Bonchev–Trinajstić information content (AvgIpc) is 2.16. The van der Waals surface area contributed by atoms with Gasteiger partial charge in [-0.25, -0.2) is 18.8 Å². The molecule has 0 atom stereocenters. The molecule has 0 unspecified atom stereocenters. The molecule has 0 aliphatic rings. The maximum absolute atomic E-state index is 11.1. The van der Waals surface area contributed by atoms with Gasteiger partial charge in [0.1, 0.15) is 0 Å². The molecule has 0 saturated carbocycles. The van der Waals surface area contributed by atoms with Crippen molar-refractivity contribution in [3.63, 3.8) is 0 Å². The summed E-state index contributed by atoms with van der Waals surface area (Å²) in [6.45, 7) is 3.33. The van der Waals surface area contributed by atoms with Crippen molar-refractivity contribution in [2.45, 2.75) is 0 Å². The standard InChI is InChI=1S/C9H21N4O2P/c1-8-9(14)15-10-16(11(2)3,12(4)5)13(6)7/h8H,1H2,2-7H3. The van der Waals surface area contributed by atoms with E-state index in [0.717, 1.165) is 6.08 Å². The van der Waals surface area contributed by atoms with Crippen LogP contribution in [0.2, 0.25) is 0 Å². The van der Waals surface area contributed by atoms with Gasteiger partial charge in [0.05, 0.1) is 0 Å². The van der Waals surface area contributed by atoms with Gasteiger partial charge in [-0.15, -0.1) is 0 Å². The topological polar surface area (TPSA) is 48.4 Å². The zero-order valence-corrected chi connectivity index (χ0v) is 11.7. The molecule has 0 heterocycles. The van der Waals surface area contributed by atoms with Crippen LogP contribution in [0.3, 0.4) is 0 Å². The highest BCUT2D eigenvalue weighted by molar-refractivity contribution is 7.58. The van der Waals surface area contributed by atoms with Crippen molar-refractivity contribution in [3.8, 4) is 0 Å². The van der Waals surface area contributed by atoms with E-state index < -0.39 is 13.5 Å². The summed E-state index contributed by atoms with van der Waals surface area (Å²) in [6.07, 6.45) is 1.10. The van der Waals surface area contributed by atoms with Gasteiger partial charge in [0.15, 0.2) is 0 Å². The maximum atomic E-state index is 11.1. The molecule has 0 saturated heterocycles. The minimum atomic E-state index is -2.14. The van der Waals surface area contributed by atoms with Gasteiger partial charge in [-0.2, -0.15) is 0 Å². The van der Waals surface area contributed by atoms with E-state index in [1.54, 1.807) is 0 Å². The summed E-state index contributed by atoms with van der Waals surface area (Å²) in [7, 11) is 9.27. The van der Waals surface area contributed by atoms with Crippen LogP contribution in [0.4, 0.5) is 0 Å². The van der Waals surface area contributed by atoms with Crippen molar-refractivity contribution < 1.29 is 9.63 Å². The Bertz CT molecular complexity index is 284. The maximum Gasteiger partial charge on any atom is 0.358 e. The van der Waals surface area contributed by atoms with Gasteiger partial charge in [-0.05, 0) is 47.2 Å². The Kier molecular flexibility index (Phi) is 5.89. The number of hydrogen-bond acceptors (Lipinski definition) is 3. The molecule has 0 aromatic heterocycles. The lowest BCUT2D eigenvalue weighted by atomic mass is 10.7. The predicted molar refractivity (Wildman–Crippen MR) is 66.7 cm³/mol. The van der Waals surface area contributed by atoms with Crippen molar-refractivity contribution >= 4 is 13.5 Å². The molecule has 0 fully saturated rings. The smallest absolute Gasteiger partial charge is 0.311 e. The molecule has 0 N–H and O–H groups in total. The molecule has 0 aliphatic heterocycles. The Morgan fingerprint density at radius 3 is 1.75 bits per heavy atom. The molecular formula is C9H21N4O2P. The Morgan fingerprint density at radius 1 is 1.12 bits per heavy atom. The lowest BCUT2D eigenvalue weighted by molar-refractivity contribution is -0.137. The van der Waals surface area contributed by atoms with E-state index in [9.17, 15) is 4.79 Å². The van der Waals surface area contributed by atoms with Crippen molar-refractivity contribution in [1.29, 1.82) is 0 Å². The highest BCUT2D eigenvalue weighted by Crippen LogP contribution is 2.54. The van der Waals surface area contributed by atoms with Gasteiger partial charge < -0.3 is 4.84 Å². The molecule has 0 radical (unpaired) electrons. The summed E-state index contributed by atoms with van der Waals surface area (Å²) in [6, 6.07) is 0. The summed E-state index contributed by atoms with van der Waals surface area (Å²) < 4.78 is 5.84. The van der Waals surface area contributed by atoms with E-state index in [0.29, 0.717) is 0 Å².